The van der Waals surface area contributed by atoms with E-state index in [4.69, 9.17) is 11.6 Å². The van der Waals surface area contributed by atoms with Gasteiger partial charge in [0.05, 0.1) is 28.0 Å². The summed E-state index contributed by atoms with van der Waals surface area (Å²) in [5, 5.41) is 39.8. The van der Waals surface area contributed by atoms with Gasteiger partial charge in [0.25, 0.3) is 0 Å². The quantitative estimate of drug-likeness (QED) is 0.265. The van der Waals surface area contributed by atoms with Gasteiger partial charge in [0.15, 0.2) is 24.4 Å². The van der Waals surface area contributed by atoms with Crippen molar-refractivity contribution >= 4 is 11.6 Å². The molecule has 1 atom stereocenters. The molecule has 0 bridgehead atoms. The van der Waals surface area contributed by atoms with Crippen LogP contribution in [0.15, 0.2) is 73.7 Å². The van der Waals surface area contributed by atoms with E-state index >= 15 is 4.39 Å². The number of pyridine rings is 2. The number of halogens is 2. The zero-order chi connectivity index (χ0) is 24.5. The lowest BCUT2D eigenvalue weighted by Crippen LogP contribution is -2.35. The molecule has 0 aliphatic rings. The van der Waals surface area contributed by atoms with Crippen LogP contribution in [0.2, 0.25) is 5.02 Å². The first-order valence-electron chi connectivity index (χ1n) is 10.6. The van der Waals surface area contributed by atoms with Crippen molar-refractivity contribution in [3.8, 4) is 27.9 Å². The summed E-state index contributed by atoms with van der Waals surface area (Å²) in [6.45, 7) is 1.94. The molecule has 10 nitrogen and oxygen atoms in total. The molecule has 5 aromatic rings. The summed E-state index contributed by atoms with van der Waals surface area (Å²) in [5.74, 6) is -0.682. The van der Waals surface area contributed by atoms with Crippen molar-refractivity contribution in [2.24, 2.45) is 0 Å². The Balaban J connectivity index is 1.53. The summed E-state index contributed by atoms with van der Waals surface area (Å²) < 4.78 is 19.5. The smallest absolute Gasteiger partial charge is 0.217 e. The fraction of sp³-hybridized carbons (Fsp3) is 0.130. The van der Waals surface area contributed by atoms with E-state index < -0.39 is 5.82 Å². The third kappa shape index (κ3) is 4.17. The van der Waals surface area contributed by atoms with Crippen molar-refractivity contribution < 1.29 is 13.9 Å². The van der Waals surface area contributed by atoms with E-state index in [-0.39, 0.29) is 16.6 Å². The molecule has 0 N–H and O–H groups in total. The van der Waals surface area contributed by atoms with Gasteiger partial charge in [-0.1, -0.05) is 18.5 Å². The number of hydrogen-bond acceptors (Lipinski definition) is 6. The summed E-state index contributed by atoms with van der Waals surface area (Å²) in [6.07, 6.45) is 9.53. The van der Waals surface area contributed by atoms with Crippen molar-refractivity contribution in [2.75, 3.05) is 0 Å². The molecular weight excluding hydrogens is 475 g/mol. The van der Waals surface area contributed by atoms with Crippen LogP contribution in [0.25, 0.3) is 27.9 Å². The Bertz CT molecular complexity index is 1490. The summed E-state index contributed by atoms with van der Waals surface area (Å²) in [4.78, 5) is 0. The van der Waals surface area contributed by atoms with E-state index in [0.717, 1.165) is 11.1 Å². The van der Waals surface area contributed by atoms with E-state index in [1.807, 2.05) is 13.1 Å². The van der Waals surface area contributed by atoms with Crippen LogP contribution in [0.3, 0.4) is 0 Å². The minimum Gasteiger partial charge on any atom is -0.619 e. The Hall–Kier alpha value is -4.38. The predicted molar refractivity (Wildman–Crippen MR) is 124 cm³/mol. The first-order chi connectivity index (χ1) is 17.0. The molecule has 35 heavy (non-hydrogen) atoms. The van der Waals surface area contributed by atoms with E-state index in [1.165, 1.54) is 35.7 Å². The molecule has 0 radical (unpaired) electrons. The molecule has 5 rings (SSSR count). The van der Waals surface area contributed by atoms with E-state index in [1.54, 1.807) is 41.2 Å². The number of tetrazole rings is 1. The van der Waals surface area contributed by atoms with Gasteiger partial charge in [-0.15, -0.1) is 5.10 Å². The van der Waals surface area contributed by atoms with Gasteiger partial charge in [0.1, 0.15) is 12.4 Å². The molecule has 0 aliphatic heterocycles. The maximum atomic E-state index is 15.1. The summed E-state index contributed by atoms with van der Waals surface area (Å²) in [7, 11) is 0. The molecule has 176 valence electrons. The van der Waals surface area contributed by atoms with Crippen LogP contribution in [-0.2, 0) is 0 Å². The maximum absolute atomic E-state index is 15.1. The molecule has 0 saturated heterocycles. The predicted octanol–water partition coefficient (Wildman–Crippen LogP) is 3.25. The van der Waals surface area contributed by atoms with Crippen molar-refractivity contribution in [3.63, 3.8) is 0 Å². The zero-order valence-electron chi connectivity index (χ0n) is 18.4. The minimum absolute atomic E-state index is 0.0859. The average Bonchev–Trinajstić information content (AvgIpc) is 3.56. The van der Waals surface area contributed by atoms with Crippen molar-refractivity contribution in [3.05, 3.63) is 101 Å². The molecule has 1 unspecified atom stereocenters. The SMILES string of the molecule is CCC(c1ccc(-c2c(-n3cnnn3)ccc(Cl)c2F)c[n+]1[O-])n1cc(-c2cc[n+]([O-])cc2)cn1. The Morgan fingerprint density at radius 2 is 1.86 bits per heavy atom. The van der Waals surface area contributed by atoms with Gasteiger partial charge in [0, 0.05) is 30.0 Å². The largest absolute Gasteiger partial charge is 0.619 e. The van der Waals surface area contributed by atoms with Gasteiger partial charge < -0.3 is 10.4 Å². The number of rotatable bonds is 6. The fourth-order valence-corrected chi connectivity index (χ4v) is 4.13. The Morgan fingerprint density at radius 1 is 1.06 bits per heavy atom. The van der Waals surface area contributed by atoms with Crippen LogP contribution in [0.4, 0.5) is 4.39 Å². The lowest BCUT2D eigenvalue weighted by molar-refractivity contribution is -0.615. The topological polar surface area (TPSA) is 115 Å². The van der Waals surface area contributed by atoms with Gasteiger partial charge in [-0.25, -0.2) is 4.39 Å². The summed E-state index contributed by atoms with van der Waals surface area (Å²) >= 11 is 6.03. The first kappa shape index (κ1) is 22.4. The summed E-state index contributed by atoms with van der Waals surface area (Å²) in [6, 6.07) is 9.31. The lowest BCUT2D eigenvalue weighted by Gasteiger charge is -2.17. The second-order valence-corrected chi connectivity index (χ2v) is 8.17. The lowest BCUT2D eigenvalue weighted by atomic mass is 10.0. The Labute approximate surface area is 203 Å². The highest BCUT2D eigenvalue weighted by molar-refractivity contribution is 6.31. The van der Waals surface area contributed by atoms with Crippen LogP contribution in [0.1, 0.15) is 25.1 Å². The van der Waals surface area contributed by atoms with Gasteiger partial charge in [-0.2, -0.15) is 19.2 Å². The molecular formula is C23H18ClFN8O2. The molecule has 12 heteroatoms. The van der Waals surface area contributed by atoms with Crippen molar-refractivity contribution in [1.29, 1.82) is 0 Å². The Morgan fingerprint density at radius 3 is 2.54 bits per heavy atom. The fourth-order valence-electron chi connectivity index (χ4n) is 3.97. The second-order valence-electron chi connectivity index (χ2n) is 7.76. The van der Waals surface area contributed by atoms with Gasteiger partial charge in [-0.3, -0.25) is 4.68 Å². The second kappa shape index (κ2) is 9.11. The minimum atomic E-state index is -0.682. The van der Waals surface area contributed by atoms with Crippen LogP contribution in [0, 0.1) is 16.2 Å². The van der Waals surface area contributed by atoms with E-state index in [9.17, 15) is 10.4 Å². The number of nitrogens with zero attached hydrogens (tertiary/aromatic N) is 8. The normalized spacial score (nSPS) is 12.1. The number of hydrogen-bond donors (Lipinski definition) is 0. The van der Waals surface area contributed by atoms with Crippen LogP contribution in [-0.4, -0.2) is 30.0 Å². The van der Waals surface area contributed by atoms with Crippen molar-refractivity contribution in [2.45, 2.75) is 19.4 Å². The van der Waals surface area contributed by atoms with Gasteiger partial charge in [-0.05, 0) is 40.6 Å². The van der Waals surface area contributed by atoms with Crippen molar-refractivity contribution in [1.82, 2.24) is 30.0 Å². The van der Waals surface area contributed by atoms with Crippen LogP contribution < -0.4 is 9.46 Å². The maximum Gasteiger partial charge on any atom is 0.217 e. The third-order valence-electron chi connectivity index (χ3n) is 5.69. The zero-order valence-corrected chi connectivity index (χ0v) is 19.1. The van der Waals surface area contributed by atoms with Crippen LogP contribution >= 0.6 is 11.6 Å². The molecule has 0 aliphatic carbocycles. The molecule has 0 spiro atoms. The molecule has 4 aromatic heterocycles. The van der Waals surface area contributed by atoms with Gasteiger partial charge in [0.2, 0.25) is 5.69 Å². The standard InChI is InChI=1S/C23H18ClFN8O2/c1-2-19(31-12-17(11-27-31)15-7-9-30(34)10-8-15)20-5-3-16(13-33(20)35)22-21(32-14-26-28-29-32)6-4-18(24)23(22)25/h3-14,19H,2H2,1H3. The Kier molecular flexibility index (Phi) is 5.83. The first-order valence-corrected chi connectivity index (χ1v) is 11.0. The number of aromatic nitrogens is 8. The molecule has 4 heterocycles. The molecule has 0 fully saturated rings. The average molecular weight is 493 g/mol. The van der Waals surface area contributed by atoms with Gasteiger partial charge >= 0.3 is 0 Å². The van der Waals surface area contributed by atoms with Crippen LogP contribution in [0.5, 0.6) is 0 Å². The highest BCUT2D eigenvalue weighted by Crippen LogP contribution is 2.33. The number of benzene rings is 1. The highest BCUT2D eigenvalue weighted by Gasteiger charge is 2.24. The van der Waals surface area contributed by atoms with E-state index in [0.29, 0.717) is 32.8 Å². The monoisotopic (exact) mass is 492 g/mol. The molecule has 0 amide bonds. The highest BCUT2D eigenvalue weighted by atomic mass is 35.5. The molecule has 1 aromatic carbocycles. The molecule has 0 saturated carbocycles. The third-order valence-corrected chi connectivity index (χ3v) is 5.98. The van der Waals surface area contributed by atoms with E-state index in [2.05, 4.69) is 20.6 Å². The summed E-state index contributed by atoms with van der Waals surface area (Å²) in [5.41, 5.74) is 2.84.